The maximum absolute atomic E-state index is 12.6. The van der Waals surface area contributed by atoms with Crippen molar-refractivity contribution in [1.82, 2.24) is 20.2 Å². The number of carbonyl (C=O) groups excluding carboxylic acids is 1. The zero-order valence-corrected chi connectivity index (χ0v) is 18.0. The summed E-state index contributed by atoms with van der Waals surface area (Å²) in [5.41, 5.74) is 1.16. The maximum atomic E-state index is 12.6. The van der Waals surface area contributed by atoms with Crippen molar-refractivity contribution in [3.8, 4) is 11.4 Å². The highest BCUT2D eigenvalue weighted by atomic mass is 35.5. The SMILES string of the molecule is CC1(C)C2CCC1(C)C(NC(=O)CSc1nnc(-c3ccccc3Cl)n1N)C2. The lowest BCUT2D eigenvalue weighted by Gasteiger charge is -2.39. The second-order valence-electron chi connectivity index (χ2n) is 8.68. The molecule has 0 radical (unpaired) electrons. The molecular weight excluding hydrogens is 394 g/mol. The average molecular weight is 420 g/mol. The van der Waals surface area contributed by atoms with Crippen molar-refractivity contribution in [1.29, 1.82) is 0 Å². The van der Waals surface area contributed by atoms with Gasteiger partial charge < -0.3 is 11.2 Å². The highest BCUT2D eigenvalue weighted by molar-refractivity contribution is 7.99. The minimum atomic E-state index is 0.0156. The fraction of sp³-hybridized carbons (Fsp3) is 0.550. The summed E-state index contributed by atoms with van der Waals surface area (Å²) in [4.78, 5) is 12.6. The van der Waals surface area contributed by atoms with Gasteiger partial charge in [0.25, 0.3) is 0 Å². The number of amides is 1. The lowest BCUT2D eigenvalue weighted by Crippen LogP contribution is -2.47. The maximum Gasteiger partial charge on any atom is 0.230 e. The lowest BCUT2D eigenvalue weighted by atomic mass is 9.69. The average Bonchev–Trinajstić information content (AvgIpc) is 3.18. The number of rotatable bonds is 5. The van der Waals surface area contributed by atoms with E-state index in [4.69, 9.17) is 17.4 Å². The number of carbonyl (C=O) groups is 1. The normalized spacial score (nSPS) is 27.9. The van der Waals surface area contributed by atoms with E-state index in [2.05, 4.69) is 36.3 Å². The zero-order valence-electron chi connectivity index (χ0n) is 16.4. The molecule has 2 saturated carbocycles. The van der Waals surface area contributed by atoms with Crippen molar-refractivity contribution < 1.29 is 4.79 Å². The van der Waals surface area contributed by atoms with Crippen LogP contribution in [0.25, 0.3) is 11.4 Å². The summed E-state index contributed by atoms with van der Waals surface area (Å²) >= 11 is 7.51. The fourth-order valence-electron chi connectivity index (χ4n) is 4.99. The molecule has 2 bridgehead atoms. The molecule has 150 valence electrons. The Morgan fingerprint density at radius 2 is 2.11 bits per heavy atom. The van der Waals surface area contributed by atoms with Gasteiger partial charge >= 0.3 is 0 Å². The van der Waals surface area contributed by atoms with Gasteiger partial charge in [0.1, 0.15) is 0 Å². The number of nitrogens with zero attached hydrogens (tertiary/aromatic N) is 3. The summed E-state index contributed by atoms with van der Waals surface area (Å²) in [7, 11) is 0. The summed E-state index contributed by atoms with van der Waals surface area (Å²) in [6.07, 6.45) is 3.52. The minimum Gasteiger partial charge on any atom is -0.352 e. The molecule has 1 heterocycles. The summed E-state index contributed by atoms with van der Waals surface area (Å²) in [6, 6.07) is 7.58. The number of benzene rings is 1. The molecule has 2 aliphatic rings. The highest BCUT2D eigenvalue weighted by Gasteiger charge is 2.61. The molecule has 0 aliphatic heterocycles. The van der Waals surface area contributed by atoms with Crippen molar-refractivity contribution in [3.63, 3.8) is 0 Å². The molecule has 1 aromatic carbocycles. The Balaban J connectivity index is 1.40. The molecule has 2 fully saturated rings. The van der Waals surface area contributed by atoms with Crippen LogP contribution in [-0.2, 0) is 4.79 Å². The van der Waals surface area contributed by atoms with Gasteiger partial charge in [-0.25, -0.2) is 4.68 Å². The van der Waals surface area contributed by atoms with Crippen LogP contribution in [0.1, 0.15) is 40.0 Å². The molecule has 4 rings (SSSR count). The van der Waals surface area contributed by atoms with Crippen LogP contribution in [0.15, 0.2) is 29.4 Å². The van der Waals surface area contributed by atoms with E-state index in [1.807, 2.05) is 18.2 Å². The number of fused-ring (bicyclic) bond motifs is 2. The third-order valence-electron chi connectivity index (χ3n) is 7.24. The molecule has 1 amide bonds. The lowest BCUT2D eigenvalue weighted by molar-refractivity contribution is -0.120. The van der Waals surface area contributed by atoms with Gasteiger partial charge in [-0.3, -0.25) is 4.79 Å². The van der Waals surface area contributed by atoms with Crippen LogP contribution in [0.5, 0.6) is 0 Å². The molecule has 2 aromatic rings. The van der Waals surface area contributed by atoms with E-state index >= 15 is 0 Å². The Labute approximate surface area is 174 Å². The van der Waals surface area contributed by atoms with Gasteiger partial charge in [-0.15, -0.1) is 10.2 Å². The van der Waals surface area contributed by atoms with Gasteiger partial charge in [-0.05, 0) is 48.1 Å². The quantitative estimate of drug-likeness (QED) is 0.569. The van der Waals surface area contributed by atoms with Gasteiger partial charge in [0.05, 0.1) is 10.8 Å². The van der Waals surface area contributed by atoms with Crippen LogP contribution in [-0.4, -0.2) is 32.6 Å². The highest BCUT2D eigenvalue weighted by Crippen LogP contribution is 2.65. The number of hydrogen-bond acceptors (Lipinski definition) is 5. The van der Waals surface area contributed by atoms with Gasteiger partial charge in [0.2, 0.25) is 11.1 Å². The molecule has 3 unspecified atom stereocenters. The number of nitrogens with one attached hydrogen (secondary N) is 1. The van der Waals surface area contributed by atoms with Crippen molar-refractivity contribution in [2.75, 3.05) is 11.6 Å². The molecule has 6 nitrogen and oxygen atoms in total. The Morgan fingerprint density at radius 3 is 2.75 bits per heavy atom. The van der Waals surface area contributed by atoms with Gasteiger partial charge in [0, 0.05) is 11.6 Å². The molecule has 8 heteroatoms. The van der Waals surface area contributed by atoms with Crippen LogP contribution in [0.4, 0.5) is 0 Å². The van der Waals surface area contributed by atoms with Crippen LogP contribution in [0.3, 0.4) is 0 Å². The number of thioether (sulfide) groups is 1. The summed E-state index contributed by atoms with van der Waals surface area (Å²) in [6.45, 7) is 7.02. The standard InChI is InChI=1S/C20H26ClN5OS/c1-19(2)12-8-9-20(19,3)15(10-12)23-16(27)11-28-18-25-24-17(26(18)22)13-6-4-5-7-14(13)21/h4-7,12,15H,8-11,22H2,1-3H3,(H,23,27). The Bertz CT molecular complexity index is 914. The molecule has 0 saturated heterocycles. The van der Waals surface area contributed by atoms with Crippen molar-refractivity contribution in [2.24, 2.45) is 16.7 Å². The second-order valence-corrected chi connectivity index (χ2v) is 10.0. The largest absolute Gasteiger partial charge is 0.352 e. The van der Waals surface area contributed by atoms with E-state index in [0.29, 0.717) is 27.5 Å². The molecule has 3 N–H and O–H groups in total. The molecule has 28 heavy (non-hydrogen) atoms. The van der Waals surface area contributed by atoms with E-state index in [-0.39, 0.29) is 28.5 Å². The van der Waals surface area contributed by atoms with Crippen LogP contribution < -0.4 is 11.2 Å². The third kappa shape index (κ3) is 2.99. The summed E-state index contributed by atoms with van der Waals surface area (Å²) in [5.74, 6) is 7.59. The number of nitrogens with two attached hydrogens (primary N) is 1. The van der Waals surface area contributed by atoms with E-state index in [1.54, 1.807) is 6.07 Å². The van der Waals surface area contributed by atoms with E-state index in [1.165, 1.54) is 29.3 Å². The first-order chi connectivity index (χ1) is 13.2. The number of halogens is 1. The first kappa shape index (κ1) is 19.6. The molecular formula is C20H26ClN5OS. The second kappa shape index (κ2) is 6.95. The predicted octanol–water partition coefficient (Wildman–Crippen LogP) is 3.74. The van der Waals surface area contributed by atoms with Gasteiger partial charge in [-0.1, -0.05) is 56.3 Å². The smallest absolute Gasteiger partial charge is 0.230 e. The Kier molecular flexibility index (Phi) is 4.86. The van der Waals surface area contributed by atoms with Gasteiger partial charge in [0.15, 0.2) is 5.82 Å². The van der Waals surface area contributed by atoms with Crippen LogP contribution in [0, 0.1) is 16.7 Å². The number of hydrogen-bond donors (Lipinski definition) is 2. The Hall–Kier alpha value is -1.73. The molecule has 2 aliphatic carbocycles. The third-order valence-corrected chi connectivity index (χ3v) is 8.51. The molecule has 3 atom stereocenters. The van der Waals surface area contributed by atoms with Crippen molar-refractivity contribution >= 4 is 29.3 Å². The Morgan fingerprint density at radius 1 is 1.36 bits per heavy atom. The van der Waals surface area contributed by atoms with Crippen LogP contribution in [0.2, 0.25) is 5.02 Å². The predicted molar refractivity (Wildman–Crippen MR) is 113 cm³/mol. The van der Waals surface area contributed by atoms with Gasteiger partial charge in [-0.2, -0.15) is 0 Å². The van der Waals surface area contributed by atoms with Crippen molar-refractivity contribution in [2.45, 2.75) is 51.2 Å². The van der Waals surface area contributed by atoms with E-state index in [9.17, 15) is 4.79 Å². The van der Waals surface area contributed by atoms with E-state index < -0.39 is 0 Å². The summed E-state index contributed by atoms with van der Waals surface area (Å²) < 4.78 is 1.39. The van der Waals surface area contributed by atoms with Crippen molar-refractivity contribution in [3.05, 3.63) is 29.3 Å². The number of nitrogen functional groups attached to an aromatic ring is 1. The topological polar surface area (TPSA) is 85.8 Å². The van der Waals surface area contributed by atoms with E-state index in [0.717, 1.165) is 6.42 Å². The number of aromatic nitrogens is 3. The summed E-state index contributed by atoms with van der Waals surface area (Å²) in [5, 5.41) is 12.6. The molecule has 0 spiro atoms. The zero-order chi connectivity index (χ0) is 20.1. The fourth-order valence-corrected chi connectivity index (χ4v) is 5.88. The monoisotopic (exact) mass is 419 g/mol. The minimum absolute atomic E-state index is 0.0156. The molecule has 1 aromatic heterocycles. The first-order valence-corrected chi connectivity index (χ1v) is 11.0. The van der Waals surface area contributed by atoms with Crippen LogP contribution >= 0.6 is 23.4 Å². The first-order valence-electron chi connectivity index (χ1n) is 9.61.